The third kappa shape index (κ3) is 3.36. The number of esters is 1. The number of hydrogen-bond acceptors (Lipinski definition) is 5. The zero-order valence-electron chi connectivity index (χ0n) is 11.0. The van der Waals surface area contributed by atoms with Gasteiger partial charge in [-0.2, -0.15) is 8.42 Å². The van der Waals surface area contributed by atoms with E-state index < -0.39 is 10.1 Å². The van der Waals surface area contributed by atoms with E-state index in [2.05, 4.69) is 4.74 Å². The van der Waals surface area contributed by atoms with Gasteiger partial charge in [-0.3, -0.25) is 4.18 Å². The first-order valence-corrected chi connectivity index (χ1v) is 7.79. The lowest BCUT2D eigenvalue weighted by molar-refractivity contribution is 0.0600. The molecule has 19 heavy (non-hydrogen) atoms. The van der Waals surface area contributed by atoms with E-state index in [4.69, 9.17) is 4.18 Å². The number of methoxy groups -OCH3 is 1. The molecule has 7 heteroatoms. The smallest absolute Gasteiger partial charge is 0.339 e. The average Bonchev–Trinajstić information content (AvgIpc) is 2.94. The van der Waals surface area contributed by atoms with Crippen molar-refractivity contribution in [2.45, 2.75) is 24.8 Å². The summed E-state index contributed by atoms with van der Waals surface area (Å²) in [6.45, 7) is 0.157. The summed E-state index contributed by atoms with van der Waals surface area (Å²) in [5.41, 5.74) is 0.384. The van der Waals surface area contributed by atoms with Crippen LogP contribution in [0.3, 0.4) is 0 Å². The molecule has 0 aliphatic heterocycles. The van der Waals surface area contributed by atoms with Crippen LogP contribution in [0.25, 0.3) is 0 Å². The minimum atomic E-state index is -3.40. The van der Waals surface area contributed by atoms with Crippen LogP contribution in [-0.2, 0) is 24.6 Å². The second-order valence-corrected chi connectivity index (χ2v) is 6.44. The summed E-state index contributed by atoms with van der Waals surface area (Å²) in [6, 6.07) is 1.70. The number of hydrogen-bond donors (Lipinski definition) is 0. The molecule has 1 aromatic rings. The molecule has 1 saturated carbocycles. The lowest BCUT2D eigenvalue weighted by Crippen LogP contribution is -2.19. The van der Waals surface area contributed by atoms with E-state index in [0.717, 1.165) is 19.1 Å². The molecule has 0 N–H and O–H groups in total. The number of rotatable bonds is 6. The van der Waals surface area contributed by atoms with E-state index in [0.29, 0.717) is 12.0 Å². The van der Waals surface area contributed by atoms with Gasteiger partial charge >= 0.3 is 5.97 Å². The zero-order chi connectivity index (χ0) is 14.1. The fourth-order valence-electron chi connectivity index (χ4n) is 2.09. The summed E-state index contributed by atoms with van der Waals surface area (Å²) in [5, 5.41) is 0. The molecule has 0 aromatic carbocycles. The standard InChI is InChI=1S/C12H17NO5S/c1-17-11(14)10-3-7-13(9-10)12(4-5-12)6-8-18-19(2,15)16/h3,7,9H,4-6,8H2,1-2H3. The van der Waals surface area contributed by atoms with Gasteiger partial charge in [-0.1, -0.05) is 0 Å². The summed E-state index contributed by atoms with van der Waals surface area (Å²) < 4.78 is 33.2. The molecule has 0 bridgehead atoms. The van der Waals surface area contributed by atoms with Crippen molar-refractivity contribution in [3.63, 3.8) is 0 Å². The summed E-state index contributed by atoms with van der Waals surface area (Å²) in [6.07, 6.45) is 7.11. The van der Waals surface area contributed by atoms with Gasteiger partial charge in [0.2, 0.25) is 0 Å². The topological polar surface area (TPSA) is 74.6 Å². The molecular weight excluding hydrogens is 270 g/mol. The third-order valence-electron chi connectivity index (χ3n) is 3.35. The van der Waals surface area contributed by atoms with Crippen LogP contribution in [-0.4, -0.2) is 38.9 Å². The van der Waals surface area contributed by atoms with Crippen LogP contribution in [0, 0.1) is 0 Å². The fraction of sp³-hybridized carbons (Fsp3) is 0.583. The molecule has 1 heterocycles. The van der Waals surface area contributed by atoms with Gasteiger partial charge in [-0.25, -0.2) is 4.79 Å². The predicted molar refractivity (Wildman–Crippen MR) is 68.4 cm³/mol. The molecule has 0 amide bonds. The SMILES string of the molecule is COC(=O)c1ccn(C2(CCOS(C)(=O)=O)CC2)c1. The van der Waals surface area contributed by atoms with Crippen molar-refractivity contribution in [3.8, 4) is 0 Å². The first-order chi connectivity index (χ1) is 8.86. The van der Waals surface area contributed by atoms with Crippen molar-refractivity contribution in [3.05, 3.63) is 24.0 Å². The molecule has 0 atom stereocenters. The molecule has 1 fully saturated rings. The van der Waals surface area contributed by atoms with Crippen molar-refractivity contribution in [2.24, 2.45) is 0 Å². The number of ether oxygens (including phenoxy) is 1. The van der Waals surface area contributed by atoms with Crippen LogP contribution in [0.4, 0.5) is 0 Å². The van der Waals surface area contributed by atoms with Crippen molar-refractivity contribution >= 4 is 16.1 Å². The van der Waals surface area contributed by atoms with E-state index in [1.54, 1.807) is 12.3 Å². The van der Waals surface area contributed by atoms with Crippen molar-refractivity contribution in [2.75, 3.05) is 20.0 Å². The molecule has 1 aromatic heterocycles. The van der Waals surface area contributed by atoms with Gasteiger partial charge < -0.3 is 9.30 Å². The Morgan fingerprint density at radius 1 is 1.47 bits per heavy atom. The van der Waals surface area contributed by atoms with Crippen LogP contribution in [0.2, 0.25) is 0 Å². The fourth-order valence-corrected chi connectivity index (χ4v) is 2.48. The quantitative estimate of drug-likeness (QED) is 0.579. The lowest BCUT2D eigenvalue weighted by atomic mass is 10.2. The zero-order valence-corrected chi connectivity index (χ0v) is 11.8. The number of carbonyl (C=O) groups excluding carboxylic acids is 1. The normalized spacial score (nSPS) is 17.2. The Hall–Kier alpha value is -1.34. The molecule has 1 aliphatic carbocycles. The van der Waals surface area contributed by atoms with Gasteiger partial charge in [-0.05, 0) is 25.3 Å². The maximum absolute atomic E-state index is 11.4. The molecular formula is C12H17NO5S. The number of nitrogens with zero attached hydrogens (tertiary/aromatic N) is 1. The van der Waals surface area contributed by atoms with Crippen LogP contribution < -0.4 is 0 Å². The summed E-state index contributed by atoms with van der Waals surface area (Å²) in [4.78, 5) is 11.4. The number of carbonyl (C=O) groups is 1. The van der Waals surface area contributed by atoms with Gasteiger partial charge in [0.05, 0.1) is 25.5 Å². The van der Waals surface area contributed by atoms with Crippen LogP contribution in [0.5, 0.6) is 0 Å². The first kappa shape index (κ1) is 14.1. The van der Waals surface area contributed by atoms with Gasteiger partial charge in [-0.15, -0.1) is 0 Å². The van der Waals surface area contributed by atoms with Gasteiger partial charge in [0.25, 0.3) is 10.1 Å². The van der Waals surface area contributed by atoms with Crippen LogP contribution in [0.1, 0.15) is 29.6 Å². The van der Waals surface area contributed by atoms with Gasteiger partial charge in [0.1, 0.15) is 0 Å². The highest BCUT2D eigenvalue weighted by Crippen LogP contribution is 2.46. The van der Waals surface area contributed by atoms with Gasteiger partial charge in [0, 0.05) is 17.9 Å². The second-order valence-electron chi connectivity index (χ2n) is 4.80. The van der Waals surface area contributed by atoms with Crippen molar-refractivity contribution < 1.29 is 22.1 Å². The third-order valence-corrected chi connectivity index (χ3v) is 3.95. The van der Waals surface area contributed by atoms with E-state index in [-0.39, 0.29) is 18.1 Å². The maximum atomic E-state index is 11.4. The van der Waals surface area contributed by atoms with E-state index >= 15 is 0 Å². The van der Waals surface area contributed by atoms with E-state index in [9.17, 15) is 13.2 Å². The Kier molecular flexibility index (Phi) is 3.69. The van der Waals surface area contributed by atoms with E-state index in [1.807, 2.05) is 10.8 Å². The van der Waals surface area contributed by atoms with Crippen molar-refractivity contribution in [1.29, 1.82) is 0 Å². The summed E-state index contributed by atoms with van der Waals surface area (Å²) in [5.74, 6) is -0.373. The molecule has 0 unspecified atom stereocenters. The largest absolute Gasteiger partial charge is 0.465 e. The Morgan fingerprint density at radius 3 is 2.68 bits per heavy atom. The average molecular weight is 287 g/mol. The van der Waals surface area contributed by atoms with E-state index in [1.165, 1.54) is 7.11 Å². The molecule has 0 radical (unpaired) electrons. The predicted octanol–water partition coefficient (Wildman–Crippen LogP) is 1.13. The monoisotopic (exact) mass is 287 g/mol. The van der Waals surface area contributed by atoms with Crippen LogP contribution >= 0.6 is 0 Å². The lowest BCUT2D eigenvalue weighted by Gasteiger charge is -2.17. The highest BCUT2D eigenvalue weighted by atomic mass is 32.2. The highest BCUT2D eigenvalue weighted by molar-refractivity contribution is 7.85. The molecule has 106 valence electrons. The molecule has 2 rings (SSSR count). The Labute approximate surface area is 112 Å². The van der Waals surface area contributed by atoms with Gasteiger partial charge in [0.15, 0.2) is 0 Å². The van der Waals surface area contributed by atoms with Crippen molar-refractivity contribution in [1.82, 2.24) is 4.57 Å². The highest BCUT2D eigenvalue weighted by Gasteiger charge is 2.44. The first-order valence-electron chi connectivity index (χ1n) is 5.97. The molecule has 1 aliphatic rings. The molecule has 6 nitrogen and oxygen atoms in total. The molecule has 0 spiro atoms. The Bertz CT molecular complexity index is 571. The minimum Gasteiger partial charge on any atom is -0.465 e. The number of aromatic nitrogens is 1. The van der Waals surface area contributed by atoms with Crippen LogP contribution in [0.15, 0.2) is 18.5 Å². The molecule has 0 saturated heterocycles. The summed E-state index contributed by atoms with van der Waals surface area (Å²) in [7, 11) is -2.06. The maximum Gasteiger partial charge on any atom is 0.339 e. The Morgan fingerprint density at radius 2 is 2.16 bits per heavy atom. The Balaban J connectivity index is 2.00. The minimum absolute atomic E-state index is 0.114. The summed E-state index contributed by atoms with van der Waals surface area (Å²) >= 11 is 0. The second kappa shape index (κ2) is 4.97.